The van der Waals surface area contributed by atoms with Crippen molar-refractivity contribution in [1.82, 2.24) is 15.1 Å². The Hall–Kier alpha value is -2.92. The Bertz CT molecular complexity index is 895. The van der Waals surface area contributed by atoms with Crippen LogP contribution in [0.1, 0.15) is 30.9 Å². The minimum absolute atomic E-state index is 0.163. The summed E-state index contributed by atoms with van der Waals surface area (Å²) in [7, 11) is 0. The van der Waals surface area contributed by atoms with Crippen molar-refractivity contribution in [3.05, 3.63) is 77.9 Å². The Morgan fingerprint density at radius 3 is 2.29 bits per heavy atom. The van der Waals surface area contributed by atoms with Crippen LogP contribution in [-0.4, -0.2) is 41.5 Å². The molecule has 2 heterocycles. The predicted octanol–water partition coefficient (Wildman–Crippen LogP) is 3.59. The van der Waals surface area contributed by atoms with Crippen LogP contribution in [-0.2, 0) is 10.3 Å². The molecule has 5 nitrogen and oxygen atoms in total. The molecular weight excluding hydrogens is 350 g/mol. The quantitative estimate of drug-likeness (QED) is 0.813. The van der Waals surface area contributed by atoms with Gasteiger partial charge in [-0.2, -0.15) is 0 Å². The molecule has 1 saturated heterocycles. The van der Waals surface area contributed by atoms with Gasteiger partial charge in [-0.15, -0.1) is 0 Å². The molecule has 2 aromatic rings. The second-order valence-corrected chi connectivity index (χ2v) is 7.35. The first-order chi connectivity index (χ1) is 13.6. The minimum atomic E-state index is -0.959. The molecule has 5 heteroatoms. The molecule has 0 aliphatic carbocycles. The van der Waals surface area contributed by atoms with E-state index in [2.05, 4.69) is 28.4 Å². The predicted molar refractivity (Wildman–Crippen MR) is 109 cm³/mol. The van der Waals surface area contributed by atoms with E-state index < -0.39 is 5.54 Å². The molecule has 2 aliphatic rings. The first-order valence-electron chi connectivity index (χ1n) is 9.80. The molecule has 0 spiro atoms. The van der Waals surface area contributed by atoms with Crippen molar-refractivity contribution in [2.24, 2.45) is 0 Å². The lowest BCUT2D eigenvalue weighted by molar-refractivity contribution is -0.133. The Morgan fingerprint density at radius 2 is 1.68 bits per heavy atom. The van der Waals surface area contributed by atoms with Gasteiger partial charge in [0.15, 0.2) is 0 Å². The Balaban J connectivity index is 1.48. The number of hydrogen-bond acceptors (Lipinski definition) is 3. The van der Waals surface area contributed by atoms with Crippen LogP contribution in [0.3, 0.4) is 0 Å². The van der Waals surface area contributed by atoms with E-state index >= 15 is 0 Å². The lowest BCUT2D eigenvalue weighted by Crippen LogP contribution is -2.45. The maximum absolute atomic E-state index is 13.2. The van der Waals surface area contributed by atoms with Crippen LogP contribution >= 0.6 is 0 Å². The Morgan fingerprint density at radius 1 is 1.00 bits per heavy atom. The molecule has 3 amide bonds. The fourth-order valence-corrected chi connectivity index (χ4v) is 4.07. The highest BCUT2D eigenvalue weighted by molar-refractivity contribution is 6.07. The second-order valence-electron chi connectivity index (χ2n) is 7.35. The first-order valence-corrected chi connectivity index (χ1v) is 9.80. The molecule has 0 radical (unpaired) electrons. The topological polar surface area (TPSA) is 52.7 Å². The van der Waals surface area contributed by atoms with E-state index in [9.17, 15) is 9.59 Å². The van der Waals surface area contributed by atoms with Gasteiger partial charge >= 0.3 is 6.03 Å². The van der Waals surface area contributed by atoms with Gasteiger partial charge in [-0.25, -0.2) is 9.69 Å². The molecule has 1 fully saturated rings. The van der Waals surface area contributed by atoms with Crippen LogP contribution in [0.2, 0.25) is 0 Å². The van der Waals surface area contributed by atoms with Crippen LogP contribution in [0.5, 0.6) is 0 Å². The van der Waals surface area contributed by atoms with Crippen LogP contribution in [0.15, 0.2) is 66.7 Å². The molecular formula is C23H25N3O2. The fourth-order valence-electron chi connectivity index (χ4n) is 4.07. The van der Waals surface area contributed by atoms with E-state index in [1.165, 1.54) is 16.0 Å². The zero-order valence-corrected chi connectivity index (χ0v) is 16.1. The number of amides is 3. The number of carbonyl (C=O) groups excluding carboxylic acids is 2. The van der Waals surface area contributed by atoms with Crippen molar-refractivity contribution in [3.63, 3.8) is 0 Å². The standard InChI is InChI=1S/C23H25N3O2/c1-2-23(20-11-7-4-8-12-20)21(27)26(22(28)24-23)17-25-15-13-19(14-16-25)18-9-5-3-6-10-18/h3-13H,2,14-17H2,1H3,(H,24,28)/t23-/m0/s1. The highest BCUT2D eigenvalue weighted by atomic mass is 16.2. The van der Waals surface area contributed by atoms with Crippen LogP contribution in [0.4, 0.5) is 4.79 Å². The maximum atomic E-state index is 13.2. The average Bonchev–Trinajstić information content (AvgIpc) is 3.00. The third-order valence-electron chi connectivity index (χ3n) is 5.75. The SMILES string of the molecule is CC[C@@]1(c2ccccc2)NC(=O)N(CN2CC=C(c3ccccc3)CC2)C1=O. The second kappa shape index (κ2) is 7.60. The number of benzene rings is 2. The minimum Gasteiger partial charge on any atom is -0.319 e. The summed E-state index contributed by atoms with van der Waals surface area (Å²) in [5.74, 6) is -0.163. The highest BCUT2D eigenvalue weighted by Crippen LogP contribution is 2.32. The van der Waals surface area contributed by atoms with E-state index in [0.29, 0.717) is 13.1 Å². The molecule has 2 aromatic carbocycles. The number of imide groups is 1. The van der Waals surface area contributed by atoms with E-state index in [-0.39, 0.29) is 11.9 Å². The molecule has 2 aliphatic heterocycles. The van der Waals surface area contributed by atoms with Crippen LogP contribution in [0, 0.1) is 0 Å². The van der Waals surface area contributed by atoms with Gasteiger partial charge in [0.1, 0.15) is 5.54 Å². The monoisotopic (exact) mass is 375 g/mol. The Labute approximate surface area is 165 Å². The van der Waals surface area contributed by atoms with Crippen molar-refractivity contribution in [2.75, 3.05) is 19.8 Å². The van der Waals surface area contributed by atoms with Crippen molar-refractivity contribution in [1.29, 1.82) is 0 Å². The normalized spacial score (nSPS) is 22.9. The number of carbonyl (C=O) groups is 2. The van der Waals surface area contributed by atoms with Crippen molar-refractivity contribution in [3.8, 4) is 0 Å². The van der Waals surface area contributed by atoms with Gasteiger partial charge in [-0.1, -0.05) is 73.7 Å². The molecule has 0 saturated carbocycles. The van der Waals surface area contributed by atoms with Gasteiger partial charge in [0.2, 0.25) is 0 Å². The Kier molecular flexibility index (Phi) is 5.01. The van der Waals surface area contributed by atoms with Gasteiger partial charge < -0.3 is 5.32 Å². The first kappa shape index (κ1) is 18.4. The summed E-state index contributed by atoms with van der Waals surface area (Å²) in [4.78, 5) is 29.4. The number of hydrogen-bond donors (Lipinski definition) is 1. The van der Waals surface area contributed by atoms with E-state index in [0.717, 1.165) is 25.1 Å². The van der Waals surface area contributed by atoms with Gasteiger partial charge in [0.05, 0.1) is 6.67 Å². The molecule has 0 aromatic heterocycles. The van der Waals surface area contributed by atoms with Crippen LogP contribution in [0.25, 0.3) is 5.57 Å². The summed E-state index contributed by atoms with van der Waals surface area (Å²) >= 11 is 0. The summed E-state index contributed by atoms with van der Waals surface area (Å²) in [6.45, 7) is 3.80. The maximum Gasteiger partial charge on any atom is 0.326 e. The smallest absolute Gasteiger partial charge is 0.319 e. The summed E-state index contributed by atoms with van der Waals surface area (Å²) in [5, 5.41) is 2.95. The molecule has 0 bridgehead atoms. The molecule has 4 rings (SSSR count). The molecule has 1 atom stereocenters. The van der Waals surface area contributed by atoms with E-state index in [1.54, 1.807) is 0 Å². The molecule has 1 N–H and O–H groups in total. The lowest BCUT2D eigenvalue weighted by atomic mass is 9.87. The van der Waals surface area contributed by atoms with Gasteiger partial charge in [-0.05, 0) is 29.5 Å². The highest BCUT2D eigenvalue weighted by Gasteiger charge is 2.51. The van der Waals surface area contributed by atoms with Crippen molar-refractivity contribution >= 4 is 17.5 Å². The average molecular weight is 375 g/mol. The van der Waals surface area contributed by atoms with E-state index in [1.807, 2.05) is 55.5 Å². The van der Waals surface area contributed by atoms with Crippen molar-refractivity contribution < 1.29 is 9.59 Å². The van der Waals surface area contributed by atoms with Crippen molar-refractivity contribution in [2.45, 2.75) is 25.3 Å². The van der Waals surface area contributed by atoms with Crippen LogP contribution < -0.4 is 5.32 Å². The third-order valence-corrected chi connectivity index (χ3v) is 5.75. The van der Waals surface area contributed by atoms with E-state index in [4.69, 9.17) is 0 Å². The van der Waals surface area contributed by atoms with Gasteiger partial charge in [0, 0.05) is 13.1 Å². The zero-order chi connectivity index (χ0) is 19.6. The summed E-state index contributed by atoms with van der Waals surface area (Å²) in [5.41, 5.74) is 2.44. The van der Waals surface area contributed by atoms with Gasteiger partial charge in [-0.3, -0.25) is 9.69 Å². The summed E-state index contributed by atoms with van der Waals surface area (Å²) < 4.78 is 0. The number of urea groups is 1. The molecule has 0 unspecified atom stereocenters. The fraction of sp³-hybridized carbons (Fsp3) is 0.304. The number of rotatable bonds is 5. The number of nitrogens with one attached hydrogen (secondary N) is 1. The summed E-state index contributed by atoms with van der Waals surface area (Å²) in [6.07, 6.45) is 3.63. The molecule has 28 heavy (non-hydrogen) atoms. The summed E-state index contributed by atoms with van der Waals surface area (Å²) in [6, 6.07) is 19.6. The number of nitrogens with zero attached hydrogens (tertiary/aromatic N) is 2. The molecule has 144 valence electrons. The largest absolute Gasteiger partial charge is 0.326 e. The lowest BCUT2D eigenvalue weighted by Gasteiger charge is -2.30. The van der Waals surface area contributed by atoms with Gasteiger partial charge in [0.25, 0.3) is 5.91 Å². The zero-order valence-electron chi connectivity index (χ0n) is 16.1. The third kappa shape index (κ3) is 3.22.